The van der Waals surface area contributed by atoms with Crippen LogP contribution in [0.3, 0.4) is 0 Å². The van der Waals surface area contributed by atoms with Gasteiger partial charge in [0.2, 0.25) is 0 Å². The molecule has 1 heteroatoms. The third-order valence-electron chi connectivity index (χ3n) is 9.29. The summed E-state index contributed by atoms with van der Waals surface area (Å²) in [5.74, 6) is 0.507. The maximum absolute atomic E-state index is 4.42. The van der Waals surface area contributed by atoms with Gasteiger partial charge in [0.25, 0.3) is 0 Å². The maximum atomic E-state index is 4.42. The topological polar surface area (TPSA) is 12.9 Å². The quantitative estimate of drug-likeness (QED) is 0.218. The van der Waals surface area contributed by atoms with E-state index in [1.165, 1.54) is 65.7 Å². The zero-order valence-electron chi connectivity index (χ0n) is 24.4. The predicted octanol–water partition coefficient (Wildman–Crippen LogP) is 8.71. The first-order valence-electron chi connectivity index (χ1n) is 15.4. The lowest BCUT2D eigenvalue weighted by atomic mass is 9.69. The Bertz CT molecular complexity index is 2140. The fraction of sp³-hybridized carbons (Fsp3) is 0.119. The molecule has 0 radical (unpaired) electrons. The zero-order valence-corrected chi connectivity index (χ0v) is 24.4. The molecule has 0 amide bonds. The highest BCUT2D eigenvalue weighted by Crippen LogP contribution is 2.43. The van der Waals surface area contributed by atoms with Crippen LogP contribution >= 0.6 is 0 Å². The highest BCUT2D eigenvalue weighted by molar-refractivity contribution is 6.02. The van der Waals surface area contributed by atoms with Gasteiger partial charge in [0.1, 0.15) is 0 Å². The van der Waals surface area contributed by atoms with E-state index in [0.717, 1.165) is 18.4 Å². The lowest BCUT2D eigenvalue weighted by Crippen LogP contribution is -2.40. The highest BCUT2D eigenvalue weighted by atomic mass is 14.6. The Balaban J connectivity index is 1.37. The van der Waals surface area contributed by atoms with Crippen LogP contribution in [0, 0.1) is 18.8 Å². The van der Waals surface area contributed by atoms with Gasteiger partial charge >= 0.3 is 0 Å². The van der Waals surface area contributed by atoms with E-state index < -0.39 is 0 Å². The van der Waals surface area contributed by atoms with Crippen LogP contribution in [-0.2, 0) is 0 Å². The molecule has 1 heterocycles. The van der Waals surface area contributed by atoms with E-state index in [4.69, 9.17) is 0 Å². The van der Waals surface area contributed by atoms with Crippen LogP contribution in [0.4, 0.5) is 0 Å². The van der Waals surface area contributed by atoms with Crippen molar-refractivity contribution in [3.05, 3.63) is 179 Å². The van der Waals surface area contributed by atoms with Crippen LogP contribution in [-0.4, -0.2) is 4.98 Å². The van der Waals surface area contributed by atoms with Gasteiger partial charge in [0.05, 0.1) is 0 Å². The van der Waals surface area contributed by atoms with E-state index in [0.29, 0.717) is 0 Å². The third kappa shape index (κ3) is 4.44. The van der Waals surface area contributed by atoms with Gasteiger partial charge in [-0.05, 0) is 91.6 Å². The largest absolute Gasteiger partial charge is 0.264 e. The Kier molecular flexibility index (Phi) is 6.38. The minimum absolute atomic E-state index is 0.252. The fourth-order valence-electron chi connectivity index (χ4n) is 7.34. The number of fused-ring (bicyclic) bond motifs is 3. The third-order valence-corrected chi connectivity index (χ3v) is 9.29. The van der Waals surface area contributed by atoms with Crippen LogP contribution in [0.1, 0.15) is 35.1 Å². The Hall–Kier alpha value is -5.01. The van der Waals surface area contributed by atoms with E-state index in [9.17, 15) is 0 Å². The van der Waals surface area contributed by atoms with Crippen LogP contribution < -0.4 is 10.4 Å². The van der Waals surface area contributed by atoms with Gasteiger partial charge in [-0.2, -0.15) is 0 Å². The number of allylic oxidation sites excluding steroid dienone is 8. The highest BCUT2D eigenvalue weighted by Gasteiger charge is 2.32. The first kappa shape index (κ1) is 25.7. The van der Waals surface area contributed by atoms with Crippen molar-refractivity contribution in [2.24, 2.45) is 11.8 Å². The van der Waals surface area contributed by atoms with Gasteiger partial charge in [-0.1, -0.05) is 127 Å². The van der Waals surface area contributed by atoms with Gasteiger partial charge < -0.3 is 0 Å². The van der Waals surface area contributed by atoms with Crippen molar-refractivity contribution in [3.63, 3.8) is 0 Å². The minimum Gasteiger partial charge on any atom is -0.264 e. The van der Waals surface area contributed by atoms with Crippen LogP contribution in [0.25, 0.3) is 38.6 Å². The molecule has 4 aromatic carbocycles. The number of hydrogen-bond donors (Lipinski definition) is 0. The molecular weight excluding hydrogens is 518 g/mol. The van der Waals surface area contributed by atoms with E-state index in [1.54, 1.807) is 0 Å². The normalized spacial score (nSPS) is 18.9. The molecule has 0 bridgehead atoms. The second-order valence-corrected chi connectivity index (χ2v) is 11.9. The Morgan fingerprint density at radius 3 is 1.98 bits per heavy atom. The molecule has 2 atom stereocenters. The average molecular weight is 552 g/mol. The second kappa shape index (κ2) is 10.7. The molecule has 0 saturated heterocycles. The van der Waals surface area contributed by atoms with E-state index in [-0.39, 0.29) is 11.8 Å². The molecule has 8 rings (SSSR count). The van der Waals surface area contributed by atoms with Crippen molar-refractivity contribution in [2.45, 2.75) is 19.8 Å². The molecule has 3 aliphatic rings. The summed E-state index contributed by atoms with van der Waals surface area (Å²) in [7, 11) is 0. The molecule has 0 N–H and O–H groups in total. The standard InChI is InChI=1S/C42H33N/c1-28-25-32(27-43-26-28)29-19-21-31(22-20-29)41-36-15-7-9-17-38(36)42(39-18-10-8-16-37(39)41)40-24-23-33(30-11-3-2-4-12-30)34-13-5-6-14-35(34)40/h2-3,5-11,13-27,36,38H,4,12H2,1H3. The molecule has 2 unspecified atom stereocenters. The number of aryl methyl sites for hydroxylation is 1. The van der Waals surface area contributed by atoms with Crippen LogP contribution in [0.5, 0.6) is 0 Å². The molecule has 5 aromatic rings. The number of pyridine rings is 1. The summed E-state index contributed by atoms with van der Waals surface area (Å²) in [5, 5.41) is 5.34. The molecule has 1 aromatic heterocycles. The molecule has 43 heavy (non-hydrogen) atoms. The Morgan fingerprint density at radius 1 is 0.605 bits per heavy atom. The second-order valence-electron chi connectivity index (χ2n) is 11.9. The number of benzene rings is 4. The SMILES string of the molecule is Cc1cncc(-c2ccc(C3=c4ccccc4=C(c4ccc(C5=CC=CCC5)c5ccccc45)C4C=CC=CC34)cc2)c1. The Labute approximate surface area is 253 Å². The monoisotopic (exact) mass is 551 g/mol. The molecule has 1 nitrogen and oxygen atoms in total. The predicted molar refractivity (Wildman–Crippen MR) is 181 cm³/mol. The van der Waals surface area contributed by atoms with Crippen molar-refractivity contribution in [3.8, 4) is 11.1 Å². The minimum atomic E-state index is 0.252. The molecule has 0 saturated carbocycles. The summed E-state index contributed by atoms with van der Waals surface area (Å²) in [6.07, 6.45) is 22.1. The maximum Gasteiger partial charge on any atom is 0.0346 e. The summed E-state index contributed by atoms with van der Waals surface area (Å²) in [6, 6.07) is 34.1. The number of nitrogens with zero attached hydrogens (tertiary/aromatic N) is 1. The first-order valence-corrected chi connectivity index (χ1v) is 15.4. The Morgan fingerprint density at radius 2 is 1.26 bits per heavy atom. The summed E-state index contributed by atoms with van der Waals surface area (Å²) in [6.45, 7) is 2.10. The summed E-state index contributed by atoms with van der Waals surface area (Å²) < 4.78 is 0. The van der Waals surface area contributed by atoms with E-state index in [1.807, 2.05) is 12.4 Å². The van der Waals surface area contributed by atoms with Gasteiger partial charge in [-0.3, -0.25) is 4.98 Å². The molecule has 0 aliphatic heterocycles. The van der Waals surface area contributed by atoms with Crippen LogP contribution in [0.2, 0.25) is 0 Å². The molecule has 206 valence electrons. The number of aromatic nitrogens is 1. The van der Waals surface area contributed by atoms with Crippen molar-refractivity contribution in [1.82, 2.24) is 4.98 Å². The van der Waals surface area contributed by atoms with Crippen molar-refractivity contribution < 1.29 is 0 Å². The summed E-state index contributed by atoms with van der Waals surface area (Å²) >= 11 is 0. The first-order chi connectivity index (χ1) is 21.3. The molecule has 3 aliphatic carbocycles. The van der Waals surface area contributed by atoms with E-state index in [2.05, 4.69) is 145 Å². The number of hydrogen-bond acceptors (Lipinski definition) is 1. The number of rotatable bonds is 4. The van der Waals surface area contributed by atoms with Gasteiger partial charge in [0, 0.05) is 29.8 Å². The van der Waals surface area contributed by atoms with Gasteiger partial charge in [-0.25, -0.2) is 0 Å². The van der Waals surface area contributed by atoms with E-state index >= 15 is 0 Å². The summed E-state index contributed by atoms with van der Waals surface area (Å²) in [5.41, 5.74) is 11.8. The zero-order chi connectivity index (χ0) is 28.8. The summed E-state index contributed by atoms with van der Waals surface area (Å²) in [4.78, 5) is 4.42. The van der Waals surface area contributed by atoms with Crippen LogP contribution in [0.15, 0.2) is 146 Å². The molecule has 0 fully saturated rings. The lowest BCUT2D eigenvalue weighted by molar-refractivity contribution is 0.687. The lowest BCUT2D eigenvalue weighted by Gasteiger charge is -2.34. The van der Waals surface area contributed by atoms with Crippen molar-refractivity contribution >= 4 is 27.5 Å². The van der Waals surface area contributed by atoms with Gasteiger partial charge in [-0.15, -0.1) is 0 Å². The average Bonchev–Trinajstić information content (AvgIpc) is 3.07. The fourth-order valence-corrected chi connectivity index (χ4v) is 7.34. The smallest absolute Gasteiger partial charge is 0.0346 e. The molecule has 0 spiro atoms. The molecular formula is C42H33N. The van der Waals surface area contributed by atoms with Gasteiger partial charge in [0.15, 0.2) is 0 Å². The van der Waals surface area contributed by atoms with Crippen molar-refractivity contribution in [1.29, 1.82) is 0 Å². The van der Waals surface area contributed by atoms with Crippen molar-refractivity contribution in [2.75, 3.05) is 0 Å².